The number of halogens is 1. The average Bonchev–Trinajstić information content (AvgIpc) is 2.85. The number of aryl methyl sites for hydroxylation is 1. The van der Waals surface area contributed by atoms with Crippen molar-refractivity contribution in [2.45, 2.75) is 38.3 Å². The first kappa shape index (κ1) is 16.4. The van der Waals surface area contributed by atoms with Crippen molar-refractivity contribution in [2.24, 2.45) is 0 Å². The van der Waals surface area contributed by atoms with Gasteiger partial charge >= 0.3 is 0 Å². The molecule has 1 heterocycles. The summed E-state index contributed by atoms with van der Waals surface area (Å²) in [6.07, 6.45) is 2.54. The Hall–Kier alpha value is -0.970. The normalized spacial score (nSPS) is 21.1. The molecule has 2 rings (SSSR count). The van der Waals surface area contributed by atoms with E-state index in [1.165, 1.54) is 18.9 Å². The molecule has 3 nitrogen and oxygen atoms in total. The quantitative estimate of drug-likeness (QED) is 0.873. The highest BCUT2D eigenvalue weighted by Gasteiger charge is 2.25. The number of benzene rings is 1. The van der Waals surface area contributed by atoms with Crippen molar-refractivity contribution in [1.29, 1.82) is 0 Å². The Morgan fingerprint density at radius 3 is 2.86 bits per heavy atom. The smallest absolute Gasteiger partial charge is 0.126 e. The molecule has 1 aliphatic rings. The van der Waals surface area contributed by atoms with Crippen molar-refractivity contribution in [1.82, 2.24) is 9.80 Å². The molecule has 1 fully saturated rings. The summed E-state index contributed by atoms with van der Waals surface area (Å²) in [6, 6.07) is 5.60. The van der Waals surface area contributed by atoms with Crippen LogP contribution in [0.2, 0.25) is 0 Å². The summed E-state index contributed by atoms with van der Waals surface area (Å²) in [5.41, 5.74) is 1.30. The third-order valence-electron chi connectivity index (χ3n) is 4.35. The molecule has 0 radical (unpaired) electrons. The Balaban J connectivity index is 1.88. The van der Waals surface area contributed by atoms with Crippen molar-refractivity contribution in [2.75, 3.05) is 33.7 Å². The van der Waals surface area contributed by atoms with E-state index in [0.29, 0.717) is 23.6 Å². The van der Waals surface area contributed by atoms with Crippen molar-refractivity contribution >= 4 is 0 Å². The van der Waals surface area contributed by atoms with Gasteiger partial charge in [0.1, 0.15) is 5.82 Å². The number of aliphatic hydroxyl groups is 1. The Morgan fingerprint density at radius 1 is 1.43 bits per heavy atom. The minimum atomic E-state index is -0.583. The van der Waals surface area contributed by atoms with Crippen LogP contribution in [0.25, 0.3) is 0 Å². The molecule has 0 spiro atoms. The molecule has 1 N–H and O–H groups in total. The molecule has 2 unspecified atom stereocenters. The summed E-state index contributed by atoms with van der Waals surface area (Å²) in [4.78, 5) is 4.67. The van der Waals surface area contributed by atoms with E-state index in [1.807, 2.05) is 6.07 Å². The van der Waals surface area contributed by atoms with Crippen LogP contribution in [-0.4, -0.2) is 54.7 Å². The van der Waals surface area contributed by atoms with E-state index in [0.717, 1.165) is 19.6 Å². The average molecular weight is 294 g/mol. The van der Waals surface area contributed by atoms with Gasteiger partial charge in [-0.15, -0.1) is 0 Å². The van der Waals surface area contributed by atoms with E-state index in [2.05, 4.69) is 23.9 Å². The molecule has 1 aromatic rings. The Kier molecular flexibility index (Phi) is 5.73. The fourth-order valence-electron chi connectivity index (χ4n) is 3.09. The molecule has 0 amide bonds. The van der Waals surface area contributed by atoms with Gasteiger partial charge in [0.25, 0.3) is 0 Å². The number of hydrogen-bond acceptors (Lipinski definition) is 3. The molecule has 1 aromatic carbocycles. The van der Waals surface area contributed by atoms with Crippen LogP contribution in [0.5, 0.6) is 0 Å². The first-order valence-electron chi connectivity index (χ1n) is 7.80. The van der Waals surface area contributed by atoms with E-state index >= 15 is 0 Å². The fourth-order valence-corrected chi connectivity index (χ4v) is 3.09. The van der Waals surface area contributed by atoms with Crippen molar-refractivity contribution in [3.8, 4) is 0 Å². The molecule has 1 saturated heterocycles. The molecule has 4 heteroatoms. The molecule has 118 valence electrons. The third-order valence-corrected chi connectivity index (χ3v) is 4.35. The number of nitrogens with zero attached hydrogens (tertiary/aromatic N) is 2. The van der Waals surface area contributed by atoms with Crippen LogP contribution in [0.4, 0.5) is 4.39 Å². The van der Waals surface area contributed by atoms with Gasteiger partial charge in [-0.3, -0.25) is 4.90 Å². The monoisotopic (exact) mass is 294 g/mol. The van der Waals surface area contributed by atoms with Gasteiger partial charge in [-0.2, -0.15) is 0 Å². The van der Waals surface area contributed by atoms with Crippen molar-refractivity contribution in [3.05, 3.63) is 35.1 Å². The zero-order chi connectivity index (χ0) is 15.4. The molecule has 21 heavy (non-hydrogen) atoms. The second-order valence-corrected chi connectivity index (χ2v) is 6.41. The van der Waals surface area contributed by atoms with Gasteiger partial charge in [-0.05, 0) is 64.0 Å². The predicted octanol–water partition coefficient (Wildman–Crippen LogP) is 2.58. The van der Waals surface area contributed by atoms with Gasteiger partial charge in [-0.25, -0.2) is 4.39 Å². The van der Waals surface area contributed by atoms with Crippen molar-refractivity contribution in [3.63, 3.8) is 0 Å². The Bertz CT molecular complexity index is 464. The Morgan fingerprint density at radius 2 is 2.19 bits per heavy atom. The van der Waals surface area contributed by atoms with E-state index < -0.39 is 6.10 Å². The maximum absolute atomic E-state index is 13.6. The molecular formula is C17H27FN2O. The lowest BCUT2D eigenvalue weighted by Gasteiger charge is -2.27. The summed E-state index contributed by atoms with van der Waals surface area (Å²) < 4.78 is 13.6. The lowest BCUT2D eigenvalue weighted by Crippen LogP contribution is -2.38. The van der Waals surface area contributed by atoms with Gasteiger partial charge < -0.3 is 10.0 Å². The van der Waals surface area contributed by atoms with Crippen LogP contribution in [0, 0.1) is 12.7 Å². The first-order valence-corrected chi connectivity index (χ1v) is 7.80. The van der Waals surface area contributed by atoms with Gasteiger partial charge in [-0.1, -0.05) is 12.1 Å². The minimum absolute atomic E-state index is 0.238. The number of rotatable bonds is 6. The summed E-state index contributed by atoms with van der Waals surface area (Å²) in [5.74, 6) is -0.238. The molecule has 2 atom stereocenters. The Labute approximate surface area is 127 Å². The molecule has 1 aliphatic heterocycles. The number of hydrogen-bond donors (Lipinski definition) is 1. The van der Waals surface area contributed by atoms with E-state index in [4.69, 9.17) is 0 Å². The number of likely N-dealkylation sites (tertiary alicyclic amines) is 1. The topological polar surface area (TPSA) is 26.7 Å². The maximum Gasteiger partial charge on any atom is 0.126 e. The molecule has 0 aliphatic carbocycles. The molecule has 0 bridgehead atoms. The highest BCUT2D eigenvalue weighted by Crippen LogP contribution is 2.23. The van der Waals surface area contributed by atoms with E-state index in [1.54, 1.807) is 13.0 Å². The molecule has 0 aromatic heterocycles. The fraction of sp³-hybridized carbons (Fsp3) is 0.647. The van der Waals surface area contributed by atoms with Crippen molar-refractivity contribution < 1.29 is 9.50 Å². The summed E-state index contributed by atoms with van der Waals surface area (Å²) in [6.45, 7) is 4.78. The predicted molar refractivity (Wildman–Crippen MR) is 83.9 cm³/mol. The minimum Gasteiger partial charge on any atom is -0.388 e. The number of aliphatic hydroxyl groups excluding tert-OH is 1. The second kappa shape index (κ2) is 7.34. The standard InChI is InChI=1S/C17H27FN2O/c1-13-6-7-14(11-16(13)18)17(21)8-10-20-9-4-5-15(20)12-19(2)3/h6-7,11,15,17,21H,4-5,8-10,12H2,1-3H3. The van der Waals surface area contributed by atoms with Crippen LogP contribution in [0.1, 0.15) is 36.5 Å². The second-order valence-electron chi connectivity index (χ2n) is 6.41. The molecule has 0 saturated carbocycles. The van der Waals surface area contributed by atoms with Gasteiger partial charge in [0.2, 0.25) is 0 Å². The van der Waals surface area contributed by atoms with Crippen LogP contribution < -0.4 is 0 Å². The van der Waals surface area contributed by atoms with Crippen LogP contribution >= 0.6 is 0 Å². The molecular weight excluding hydrogens is 267 g/mol. The summed E-state index contributed by atoms with van der Waals surface area (Å²) >= 11 is 0. The summed E-state index contributed by atoms with van der Waals surface area (Å²) in [5, 5.41) is 10.3. The zero-order valence-corrected chi connectivity index (χ0v) is 13.3. The maximum atomic E-state index is 13.6. The summed E-state index contributed by atoms with van der Waals surface area (Å²) in [7, 11) is 4.20. The SMILES string of the molecule is Cc1ccc(C(O)CCN2CCCC2CN(C)C)cc1F. The zero-order valence-electron chi connectivity index (χ0n) is 13.3. The lowest BCUT2D eigenvalue weighted by atomic mass is 10.0. The first-order chi connectivity index (χ1) is 9.97. The van der Waals surface area contributed by atoms with Gasteiger partial charge in [0, 0.05) is 19.1 Å². The van der Waals surface area contributed by atoms with E-state index in [-0.39, 0.29) is 5.82 Å². The largest absolute Gasteiger partial charge is 0.388 e. The van der Waals surface area contributed by atoms with Crippen LogP contribution in [0.3, 0.4) is 0 Å². The van der Waals surface area contributed by atoms with Crippen LogP contribution in [0.15, 0.2) is 18.2 Å². The highest BCUT2D eigenvalue weighted by molar-refractivity contribution is 5.24. The van der Waals surface area contributed by atoms with Gasteiger partial charge in [0.05, 0.1) is 6.10 Å². The number of likely N-dealkylation sites (N-methyl/N-ethyl adjacent to an activating group) is 1. The van der Waals surface area contributed by atoms with Crippen LogP contribution in [-0.2, 0) is 0 Å². The lowest BCUT2D eigenvalue weighted by molar-refractivity contribution is 0.130. The third kappa shape index (κ3) is 4.50. The van der Waals surface area contributed by atoms with Gasteiger partial charge in [0.15, 0.2) is 0 Å². The van der Waals surface area contributed by atoms with E-state index in [9.17, 15) is 9.50 Å². The highest BCUT2D eigenvalue weighted by atomic mass is 19.1.